The highest BCUT2D eigenvalue weighted by Crippen LogP contribution is 2.11. The van der Waals surface area contributed by atoms with Gasteiger partial charge >= 0.3 is 0 Å². The van der Waals surface area contributed by atoms with Crippen molar-refractivity contribution in [3.63, 3.8) is 0 Å². The average molecular weight is 321 g/mol. The van der Waals surface area contributed by atoms with Crippen LogP contribution in [0.25, 0.3) is 0 Å². The number of hydrogen-bond donors (Lipinski definition) is 2. The van der Waals surface area contributed by atoms with Gasteiger partial charge in [0.05, 0.1) is 6.04 Å². The first-order valence-corrected chi connectivity index (χ1v) is 7.62. The van der Waals surface area contributed by atoms with E-state index in [0.29, 0.717) is 0 Å². The Hall–Kier alpha value is -0.420. The molecule has 0 aromatic heterocycles. The quantitative estimate of drug-likeness (QED) is 0.819. The highest BCUT2D eigenvalue weighted by atomic mass is 35.5. The zero-order chi connectivity index (χ0) is 12.8. The van der Waals surface area contributed by atoms with E-state index in [1.807, 2.05) is 24.3 Å². The van der Waals surface area contributed by atoms with Gasteiger partial charge in [0.25, 0.3) is 0 Å². The second kappa shape index (κ2) is 8.69. The molecule has 1 amide bonds. The van der Waals surface area contributed by atoms with Gasteiger partial charge in [0, 0.05) is 23.2 Å². The molecule has 6 heteroatoms. The van der Waals surface area contributed by atoms with Gasteiger partial charge < -0.3 is 5.32 Å². The van der Waals surface area contributed by atoms with Crippen LogP contribution in [0.4, 0.5) is 0 Å². The molecule has 1 unspecified atom stereocenters. The third-order valence-electron chi connectivity index (χ3n) is 2.89. The molecular formula is C13H18Cl2N2OS. The number of thioether (sulfide) groups is 1. The predicted molar refractivity (Wildman–Crippen MR) is 84.3 cm³/mol. The Labute approximate surface area is 129 Å². The van der Waals surface area contributed by atoms with Crippen LogP contribution < -0.4 is 10.6 Å². The molecule has 0 saturated carbocycles. The van der Waals surface area contributed by atoms with Crippen LogP contribution in [0.1, 0.15) is 12.0 Å². The SMILES string of the molecule is Cl.O=C(NCCCc1ccc(Cl)cc1)C1CSCN1. The van der Waals surface area contributed by atoms with Gasteiger partial charge in [-0.1, -0.05) is 23.7 Å². The number of carbonyl (C=O) groups is 1. The molecule has 2 N–H and O–H groups in total. The zero-order valence-electron chi connectivity index (χ0n) is 10.5. The van der Waals surface area contributed by atoms with Gasteiger partial charge in [0.1, 0.15) is 0 Å². The van der Waals surface area contributed by atoms with E-state index in [9.17, 15) is 4.79 Å². The normalized spacial score (nSPS) is 17.8. The molecule has 0 aliphatic carbocycles. The van der Waals surface area contributed by atoms with E-state index in [1.165, 1.54) is 5.56 Å². The van der Waals surface area contributed by atoms with Gasteiger partial charge in [-0.05, 0) is 30.5 Å². The molecule has 1 aliphatic heterocycles. The van der Waals surface area contributed by atoms with Crippen molar-refractivity contribution >= 4 is 41.7 Å². The third-order valence-corrected chi connectivity index (χ3v) is 4.08. The summed E-state index contributed by atoms with van der Waals surface area (Å²) in [4.78, 5) is 11.7. The standard InChI is InChI=1S/C13H17ClN2OS.ClH/c14-11-5-3-10(4-6-11)2-1-7-15-13(17)12-8-18-9-16-12;/h3-6,12,16H,1-2,7-9H2,(H,15,17);1H. The zero-order valence-corrected chi connectivity index (χ0v) is 12.9. The van der Waals surface area contributed by atoms with E-state index in [1.54, 1.807) is 11.8 Å². The molecule has 1 heterocycles. The molecule has 2 rings (SSSR count). The van der Waals surface area contributed by atoms with E-state index in [4.69, 9.17) is 11.6 Å². The maximum atomic E-state index is 11.7. The first kappa shape index (κ1) is 16.6. The Bertz CT molecular complexity index is 394. The van der Waals surface area contributed by atoms with Gasteiger partial charge in [-0.3, -0.25) is 10.1 Å². The van der Waals surface area contributed by atoms with Crippen LogP contribution in [0.3, 0.4) is 0 Å². The monoisotopic (exact) mass is 320 g/mol. The fourth-order valence-electron chi connectivity index (χ4n) is 1.84. The highest BCUT2D eigenvalue weighted by Gasteiger charge is 2.21. The summed E-state index contributed by atoms with van der Waals surface area (Å²) in [5.41, 5.74) is 1.25. The van der Waals surface area contributed by atoms with Crippen molar-refractivity contribution in [2.24, 2.45) is 0 Å². The molecule has 0 spiro atoms. The van der Waals surface area contributed by atoms with Crippen molar-refractivity contribution in [3.05, 3.63) is 34.9 Å². The van der Waals surface area contributed by atoms with Gasteiger partial charge in [-0.2, -0.15) is 0 Å². The molecular weight excluding hydrogens is 303 g/mol. The molecule has 1 aliphatic rings. The summed E-state index contributed by atoms with van der Waals surface area (Å²) in [6, 6.07) is 7.84. The van der Waals surface area contributed by atoms with Gasteiger partial charge in [-0.15, -0.1) is 24.2 Å². The summed E-state index contributed by atoms with van der Waals surface area (Å²) in [5.74, 6) is 1.88. The lowest BCUT2D eigenvalue weighted by molar-refractivity contribution is -0.122. The molecule has 19 heavy (non-hydrogen) atoms. The van der Waals surface area contributed by atoms with Gasteiger partial charge in [0.15, 0.2) is 0 Å². The van der Waals surface area contributed by atoms with E-state index >= 15 is 0 Å². The van der Waals surface area contributed by atoms with Crippen LogP contribution >= 0.6 is 35.8 Å². The van der Waals surface area contributed by atoms with Crippen LogP contribution in [0, 0.1) is 0 Å². The van der Waals surface area contributed by atoms with Gasteiger partial charge in [0.2, 0.25) is 5.91 Å². The Kier molecular flexibility index (Phi) is 7.61. The van der Waals surface area contributed by atoms with Crippen LogP contribution in [0.5, 0.6) is 0 Å². The summed E-state index contributed by atoms with van der Waals surface area (Å²) in [6.07, 6.45) is 1.91. The smallest absolute Gasteiger partial charge is 0.238 e. The number of hydrogen-bond acceptors (Lipinski definition) is 3. The minimum atomic E-state index is -0.00877. The second-order valence-corrected chi connectivity index (χ2v) is 5.76. The fourth-order valence-corrected chi connectivity index (χ4v) is 2.91. The number of halogens is 2. The number of aryl methyl sites for hydroxylation is 1. The fraction of sp³-hybridized carbons (Fsp3) is 0.462. The number of carbonyl (C=O) groups excluding carboxylic acids is 1. The Morgan fingerprint density at radius 3 is 2.79 bits per heavy atom. The van der Waals surface area contributed by atoms with Crippen LogP contribution in [-0.4, -0.2) is 30.1 Å². The van der Waals surface area contributed by atoms with Crippen LogP contribution in [0.2, 0.25) is 5.02 Å². The summed E-state index contributed by atoms with van der Waals surface area (Å²) in [6.45, 7) is 0.726. The highest BCUT2D eigenvalue weighted by molar-refractivity contribution is 7.99. The summed E-state index contributed by atoms with van der Waals surface area (Å²) in [5, 5.41) is 6.88. The average Bonchev–Trinajstić information content (AvgIpc) is 2.90. The molecule has 1 saturated heterocycles. The molecule has 0 bridgehead atoms. The molecule has 106 valence electrons. The third kappa shape index (κ3) is 5.61. The van der Waals surface area contributed by atoms with Crippen LogP contribution in [-0.2, 0) is 11.2 Å². The largest absolute Gasteiger partial charge is 0.355 e. The molecule has 1 aromatic rings. The van der Waals surface area contributed by atoms with Crippen molar-refractivity contribution in [2.45, 2.75) is 18.9 Å². The topological polar surface area (TPSA) is 41.1 Å². The van der Waals surface area contributed by atoms with Crippen molar-refractivity contribution < 1.29 is 4.79 Å². The maximum absolute atomic E-state index is 11.7. The predicted octanol–water partition coefficient (Wildman–Crippen LogP) is 2.47. The van der Waals surface area contributed by atoms with E-state index in [2.05, 4.69) is 10.6 Å². The molecule has 1 fully saturated rings. The van der Waals surface area contributed by atoms with Crippen molar-refractivity contribution in [3.8, 4) is 0 Å². The molecule has 1 atom stereocenters. The second-order valence-electron chi connectivity index (χ2n) is 4.29. The summed E-state index contributed by atoms with van der Waals surface area (Å²) >= 11 is 7.58. The van der Waals surface area contributed by atoms with Crippen molar-refractivity contribution in [2.75, 3.05) is 18.2 Å². The minimum Gasteiger partial charge on any atom is -0.355 e. The Morgan fingerprint density at radius 2 is 2.16 bits per heavy atom. The van der Waals surface area contributed by atoms with E-state index in [-0.39, 0.29) is 24.4 Å². The first-order chi connectivity index (χ1) is 8.75. The Morgan fingerprint density at radius 1 is 1.42 bits per heavy atom. The lowest BCUT2D eigenvalue weighted by Gasteiger charge is -2.10. The summed E-state index contributed by atoms with van der Waals surface area (Å²) < 4.78 is 0. The Balaban J connectivity index is 0.00000180. The summed E-state index contributed by atoms with van der Waals surface area (Å²) in [7, 11) is 0. The minimum absolute atomic E-state index is 0. The molecule has 1 aromatic carbocycles. The van der Waals surface area contributed by atoms with E-state index in [0.717, 1.165) is 36.0 Å². The molecule has 0 radical (unpaired) electrons. The van der Waals surface area contributed by atoms with Gasteiger partial charge in [-0.25, -0.2) is 0 Å². The lowest BCUT2D eigenvalue weighted by atomic mass is 10.1. The van der Waals surface area contributed by atoms with Crippen molar-refractivity contribution in [1.29, 1.82) is 0 Å². The number of benzene rings is 1. The molecule has 3 nitrogen and oxygen atoms in total. The number of rotatable bonds is 5. The lowest BCUT2D eigenvalue weighted by Crippen LogP contribution is -2.42. The number of nitrogens with one attached hydrogen (secondary N) is 2. The van der Waals surface area contributed by atoms with Crippen molar-refractivity contribution in [1.82, 2.24) is 10.6 Å². The maximum Gasteiger partial charge on any atom is 0.238 e. The van der Waals surface area contributed by atoms with E-state index < -0.39 is 0 Å². The first-order valence-electron chi connectivity index (χ1n) is 6.09. The van der Waals surface area contributed by atoms with Crippen LogP contribution in [0.15, 0.2) is 24.3 Å². The number of amides is 1.